The van der Waals surface area contributed by atoms with Crippen LogP contribution in [0, 0.1) is 6.92 Å². The zero-order valence-corrected chi connectivity index (χ0v) is 17.9. The number of halogens is 4. The van der Waals surface area contributed by atoms with Gasteiger partial charge in [-0.1, -0.05) is 29.8 Å². The highest BCUT2D eigenvalue weighted by Gasteiger charge is 2.34. The van der Waals surface area contributed by atoms with Gasteiger partial charge in [0.15, 0.2) is 5.69 Å². The van der Waals surface area contributed by atoms with Gasteiger partial charge in [-0.3, -0.25) is 9.59 Å². The molecule has 3 rings (SSSR count). The summed E-state index contributed by atoms with van der Waals surface area (Å²) < 4.78 is 46.8. The van der Waals surface area contributed by atoms with E-state index >= 15 is 0 Å². The number of carbonyl (C=O) groups is 1. The number of hydrogen-bond acceptors (Lipinski definition) is 4. The third-order valence-corrected chi connectivity index (χ3v) is 4.82. The first-order chi connectivity index (χ1) is 15.1. The second-order valence-corrected chi connectivity index (χ2v) is 7.39. The summed E-state index contributed by atoms with van der Waals surface area (Å²) in [6.45, 7) is 1.66. The van der Waals surface area contributed by atoms with Crippen molar-refractivity contribution < 1.29 is 22.7 Å². The van der Waals surface area contributed by atoms with Crippen LogP contribution in [0.1, 0.15) is 21.7 Å². The summed E-state index contributed by atoms with van der Waals surface area (Å²) in [5.41, 5.74) is -2.22. The lowest BCUT2D eigenvalue weighted by atomic mass is 10.1. The number of para-hydroxylation sites is 1. The van der Waals surface area contributed by atoms with Crippen molar-refractivity contribution in [1.82, 2.24) is 14.7 Å². The molecule has 3 aromatic rings. The van der Waals surface area contributed by atoms with E-state index in [2.05, 4.69) is 5.10 Å². The van der Waals surface area contributed by atoms with Crippen LogP contribution in [0.25, 0.3) is 5.69 Å². The molecule has 0 radical (unpaired) electrons. The van der Waals surface area contributed by atoms with Crippen LogP contribution in [0.15, 0.2) is 59.4 Å². The molecule has 1 aromatic heterocycles. The Hall–Kier alpha value is -3.33. The van der Waals surface area contributed by atoms with E-state index in [1.54, 1.807) is 24.3 Å². The van der Waals surface area contributed by atoms with Crippen molar-refractivity contribution >= 4 is 17.5 Å². The number of aromatic nitrogens is 2. The molecule has 0 saturated heterocycles. The number of benzene rings is 2. The third-order valence-electron chi connectivity index (χ3n) is 4.59. The van der Waals surface area contributed by atoms with Gasteiger partial charge in [0.1, 0.15) is 12.4 Å². The first-order valence-corrected chi connectivity index (χ1v) is 9.87. The maximum absolute atomic E-state index is 13.4. The van der Waals surface area contributed by atoms with Gasteiger partial charge in [0, 0.05) is 23.8 Å². The van der Waals surface area contributed by atoms with Crippen molar-refractivity contribution in [3.8, 4) is 11.4 Å². The predicted octanol–water partition coefficient (Wildman–Crippen LogP) is 4.36. The maximum Gasteiger partial charge on any atom is 0.418 e. The van der Waals surface area contributed by atoms with Crippen LogP contribution in [0.5, 0.6) is 5.75 Å². The molecule has 0 aliphatic carbocycles. The largest absolute Gasteiger partial charge is 0.492 e. The Kier molecular flexibility index (Phi) is 6.88. The Morgan fingerprint density at radius 3 is 2.56 bits per heavy atom. The van der Waals surface area contributed by atoms with Crippen LogP contribution in [-0.4, -0.2) is 40.8 Å². The number of likely N-dealkylation sites (N-methyl/N-ethyl adjacent to an activating group) is 1. The molecule has 32 heavy (non-hydrogen) atoms. The van der Waals surface area contributed by atoms with Crippen molar-refractivity contribution in [3.05, 3.63) is 86.8 Å². The molecule has 0 aliphatic rings. The van der Waals surface area contributed by atoms with Crippen molar-refractivity contribution in [2.24, 2.45) is 0 Å². The molecule has 0 spiro atoms. The Morgan fingerprint density at radius 1 is 1.16 bits per heavy atom. The molecule has 1 amide bonds. The fourth-order valence-corrected chi connectivity index (χ4v) is 3.16. The molecule has 168 valence electrons. The SMILES string of the molecule is Cc1cc(=O)c(C(=O)N(C)CCOc2cccc(Cl)c2)nn1-c1ccccc1C(F)(F)F. The van der Waals surface area contributed by atoms with Crippen molar-refractivity contribution in [2.45, 2.75) is 13.1 Å². The second-order valence-electron chi connectivity index (χ2n) is 6.96. The molecule has 6 nitrogen and oxygen atoms in total. The minimum absolute atomic E-state index is 0.111. The molecule has 0 fully saturated rings. The molecular formula is C22H19ClF3N3O3. The fourth-order valence-electron chi connectivity index (χ4n) is 2.98. The van der Waals surface area contributed by atoms with Gasteiger partial charge in [-0.15, -0.1) is 0 Å². The van der Waals surface area contributed by atoms with E-state index in [-0.39, 0.29) is 24.5 Å². The van der Waals surface area contributed by atoms with E-state index in [0.717, 1.165) is 16.8 Å². The van der Waals surface area contributed by atoms with Crippen LogP contribution < -0.4 is 10.2 Å². The van der Waals surface area contributed by atoms with E-state index in [4.69, 9.17) is 16.3 Å². The highest BCUT2D eigenvalue weighted by atomic mass is 35.5. The Labute approximate surface area is 186 Å². The molecular weight excluding hydrogens is 447 g/mol. The minimum atomic E-state index is -4.63. The van der Waals surface area contributed by atoms with E-state index in [1.807, 2.05) is 0 Å². The molecule has 0 saturated carbocycles. The molecule has 0 N–H and O–H groups in total. The first kappa shape index (κ1) is 23.3. The predicted molar refractivity (Wildman–Crippen MR) is 113 cm³/mol. The fraction of sp³-hybridized carbons (Fsp3) is 0.227. The normalized spacial score (nSPS) is 11.3. The van der Waals surface area contributed by atoms with Crippen LogP contribution in [0.2, 0.25) is 5.02 Å². The topological polar surface area (TPSA) is 64.4 Å². The average Bonchev–Trinajstić information content (AvgIpc) is 2.73. The number of ether oxygens (including phenoxy) is 1. The van der Waals surface area contributed by atoms with E-state index in [9.17, 15) is 22.8 Å². The van der Waals surface area contributed by atoms with Gasteiger partial charge in [-0.05, 0) is 37.3 Å². The second kappa shape index (κ2) is 9.44. The van der Waals surface area contributed by atoms with Gasteiger partial charge in [-0.25, -0.2) is 4.68 Å². The maximum atomic E-state index is 13.4. The molecule has 0 bridgehead atoms. The highest BCUT2D eigenvalue weighted by Crippen LogP contribution is 2.33. The quantitative estimate of drug-likeness (QED) is 0.542. The smallest absolute Gasteiger partial charge is 0.418 e. The van der Waals surface area contributed by atoms with Gasteiger partial charge in [0.25, 0.3) is 5.91 Å². The summed E-state index contributed by atoms with van der Waals surface area (Å²) in [7, 11) is 1.44. The number of rotatable bonds is 6. The molecule has 10 heteroatoms. The van der Waals surface area contributed by atoms with Crippen molar-refractivity contribution in [2.75, 3.05) is 20.2 Å². The molecule has 2 aromatic carbocycles. The zero-order valence-electron chi connectivity index (χ0n) is 17.2. The number of aryl methyl sites for hydroxylation is 1. The summed E-state index contributed by atoms with van der Waals surface area (Å²) in [4.78, 5) is 26.4. The van der Waals surface area contributed by atoms with E-state index in [1.165, 1.54) is 37.1 Å². The molecule has 1 heterocycles. The zero-order chi connectivity index (χ0) is 23.5. The summed E-state index contributed by atoms with van der Waals surface area (Å²) in [5, 5.41) is 4.47. The number of amides is 1. The lowest BCUT2D eigenvalue weighted by molar-refractivity contribution is -0.137. The number of hydrogen-bond donors (Lipinski definition) is 0. The van der Waals surface area contributed by atoms with E-state index < -0.39 is 28.8 Å². The lowest BCUT2D eigenvalue weighted by Crippen LogP contribution is -2.36. The summed E-state index contributed by atoms with van der Waals surface area (Å²) in [6.07, 6.45) is -4.63. The van der Waals surface area contributed by atoms with Crippen LogP contribution in [-0.2, 0) is 6.18 Å². The van der Waals surface area contributed by atoms with Gasteiger partial charge >= 0.3 is 6.18 Å². The van der Waals surface area contributed by atoms with Crippen LogP contribution >= 0.6 is 11.6 Å². The van der Waals surface area contributed by atoms with Gasteiger partial charge < -0.3 is 9.64 Å². The monoisotopic (exact) mass is 465 g/mol. The molecule has 0 atom stereocenters. The highest BCUT2D eigenvalue weighted by molar-refractivity contribution is 6.30. The minimum Gasteiger partial charge on any atom is -0.492 e. The average molecular weight is 466 g/mol. The van der Waals surface area contributed by atoms with Crippen molar-refractivity contribution in [3.63, 3.8) is 0 Å². The van der Waals surface area contributed by atoms with Gasteiger partial charge in [-0.2, -0.15) is 18.3 Å². The molecule has 0 unspecified atom stereocenters. The Morgan fingerprint density at radius 2 is 1.88 bits per heavy atom. The number of alkyl halides is 3. The number of nitrogens with zero attached hydrogens (tertiary/aromatic N) is 3. The third kappa shape index (κ3) is 5.28. The lowest BCUT2D eigenvalue weighted by Gasteiger charge is -2.19. The molecule has 0 aliphatic heterocycles. The standard InChI is InChI=1S/C22H19ClF3N3O3/c1-14-12-19(30)20(27-29(14)18-9-4-3-8-17(18)22(24,25)26)21(31)28(2)10-11-32-16-7-5-6-15(23)13-16/h3-9,12-13H,10-11H2,1-2H3. The summed E-state index contributed by atoms with van der Waals surface area (Å²) >= 11 is 5.89. The first-order valence-electron chi connectivity index (χ1n) is 9.49. The van der Waals surface area contributed by atoms with Gasteiger partial charge in [0.05, 0.1) is 17.8 Å². The number of carbonyl (C=O) groups excluding carboxylic acids is 1. The van der Waals surface area contributed by atoms with E-state index in [0.29, 0.717) is 10.8 Å². The summed E-state index contributed by atoms with van der Waals surface area (Å²) in [6, 6.07) is 12.6. The van der Waals surface area contributed by atoms with Gasteiger partial charge in [0.2, 0.25) is 5.43 Å². The Bertz CT molecular complexity index is 1190. The van der Waals surface area contributed by atoms with Crippen LogP contribution in [0.3, 0.4) is 0 Å². The van der Waals surface area contributed by atoms with Crippen molar-refractivity contribution in [1.29, 1.82) is 0 Å². The van der Waals surface area contributed by atoms with Crippen LogP contribution in [0.4, 0.5) is 13.2 Å². The Balaban J connectivity index is 1.84. The summed E-state index contributed by atoms with van der Waals surface area (Å²) in [5.74, 6) is -0.221.